The number of hydrogen-bond acceptors (Lipinski definition) is 5. The second-order valence-corrected chi connectivity index (χ2v) is 6.94. The predicted octanol–water partition coefficient (Wildman–Crippen LogP) is 1.87. The summed E-state index contributed by atoms with van der Waals surface area (Å²) in [5, 5.41) is 14.2. The number of nitrogens with one attached hydrogen (secondary N) is 2. The van der Waals surface area contributed by atoms with E-state index in [0.717, 1.165) is 21.3 Å². The minimum Gasteiger partial charge on any atom is -0.395 e. The number of hydrogen-bond donors (Lipinski definition) is 3. The Morgan fingerprint density at radius 2 is 1.89 bits per heavy atom. The number of aromatic nitrogens is 1. The highest BCUT2D eigenvalue weighted by Gasteiger charge is 2.11. The molecule has 6 nitrogen and oxygen atoms in total. The number of aliphatic hydroxyl groups excluding tert-OH is 1. The molecule has 2 aromatic carbocycles. The van der Waals surface area contributed by atoms with Gasteiger partial charge in [0.2, 0.25) is 11.8 Å². The van der Waals surface area contributed by atoms with Crippen molar-refractivity contribution in [3.8, 4) is 11.1 Å². The number of thiazole rings is 1. The van der Waals surface area contributed by atoms with Gasteiger partial charge in [-0.05, 0) is 35.4 Å². The molecule has 0 spiro atoms. The molecule has 0 bridgehead atoms. The first-order chi connectivity index (χ1) is 13.0. The van der Waals surface area contributed by atoms with Crippen LogP contribution in [-0.2, 0) is 16.0 Å². The van der Waals surface area contributed by atoms with Crippen LogP contribution in [0.5, 0.6) is 0 Å². The van der Waals surface area contributed by atoms with E-state index in [-0.39, 0.29) is 43.7 Å². The van der Waals surface area contributed by atoms with E-state index in [1.54, 1.807) is 6.07 Å². The molecule has 0 saturated heterocycles. The van der Waals surface area contributed by atoms with Crippen molar-refractivity contribution in [3.05, 3.63) is 53.3 Å². The minimum absolute atomic E-state index is 0.0714. The molecule has 0 aliphatic carbocycles. The lowest BCUT2D eigenvalue weighted by Gasteiger charge is -2.04. The van der Waals surface area contributed by atoms with Crippen molar-refractivity contribution in [3.63, 3.8) is 0 Å². The van der Waals surface area contributed by atoms with E-state index in [0.29, 0.717) is 5.01 Å². The van der Waals surface area contributed by atoms with Gasteiger partial charge in [0.15, 0.2) is 0 Å². The number of halogens is 1. The number of benzene rings is 2. The molecule has 27 heavy (non-hydrogen) atoms. The van der Waals surface area contributed by atoms with Crippen LogP contribution < -0.4 is 10.6 Å². The highest BCUT2D eigenvalue weighted by Crippen LogP contribution is 2.28. The Morgan fingerprint density at radius 1 is 1.07 bits per heavy atom. The van der Waals surface area contributed by atoms with Gasteiger partial charge in [0.1, 0.15) is 10.8 Å². The van der Waals surface area contributed by atoms with Crippen LogP contribution in [0.15, 0.2) is 42.5 Å². The normalized spacial score (nSPS) is 10.7. The highest BCUT2D eigenvalue weighted by molar-refractivity contribution is 7.18. The summed E-state index contributed by atoms with van der Waals surface area (Å²) >= 11 is 1.39. The van der Waals surface area contributed by atoms with Crippen LogP contribution >= 0.6 is 11.3 Å². The average Bonchev–Trinajstić information content (AvgIpc) is 3.06. The minimum atomic E-state index is -0.360. The molecule has 8 heteroatoms. The van der Waals surface area contributed by atoms with E-state index in [1.807, 2.05) is 24.3 Å². The zero-order valence-corrected chi connectivity index (χ0v) is 15.2. The second-order valence-electron chi connectivity index (χ2n) is 5.83. The molecule has 1 aromatic heterocycles. The van der Waals surface area contributed by atoms with E-state index in [2.05, 4.69) is 15.6 Å². The van der Waals surface area contributed by atoms with Gasteiger partial charge >= 0.3 is 0 Å². The first kappa shape index (κ1) is 18.9. The van der Waals surface area contributed by atoms with Crippen molar-refractivity contribution in [2.45, 2.75) is 6.42 Å². The SMILES string of the molecule is O=C(CNC(=O)Cc1nc2ccc(-c3cccc(F)c3)cc2s1)NCCO. The molecule has 2 amide bonds. The second kappa shape index (κ2) is 8.70. The number of nitrogens with zero attached hydrogens (tertiary/aromatic N) is 1. The first-order valence-corrected chi connectivity index (χ1v) is 9.16. The lowest BCUT2D eigenvalue weighted by molar-refractivity contribution is -0.125. The summed E-state index contributed by atoms with van der Waals surface area (Å²) in [5.41, 5.74) is 2.42. The summed E-state index contributed by atoms with van der Waals surface area (Å²) in [6.07, 6.45) is 0.0714. The van der Waals surface area contributed by atoms with E-state index in [1.165, 1.54) is 23.5 Å². The van der Waals surface area contributed by atoms with Crippen LogP contribution in [0, 0.1) is 5.82 Å². The first-order valence-electron chi connectivity index (χ1n) is 8.35. The van der Waals surface area contributed by atoms with Crippen LogP contribution in [0.1, 0.15) is 5.01 Å². The van der Waals surface area contributed by atoms with Gasteiger partial charge in [-0.2, -0.15) is 0 Å². The Kier molecular flexibility index (Phi) is 6.10. The predicted molar refractivity (Wildman–Crippen MR) is 102 cm³/mol. The third-order valence-electron chi connectivity index (χ3n) is 3.78. The van der Waals surface area contributed by atoms with Crippen molar-refractivity contribution in [2.75, 3.05) is 19.7 Å². The number of carbonyl (C=O) groups excluding carboxylic acids is 2. The lowest BCUT2D eigenvalue weighted by Crippen LogP contribution is -2.38. The highest BCUT2D eigenvalue weighted by atomic mass is 32.1. The van der Waals surface area contributed by atoms with E-state index < -0.39 is 0 Å². The smallest absolute Gasteiger partial charge is 0.239 e. The summed E-state index contributed by atoms with van der Waals surface area (Å²) < 4.78 is 14.3. The summed E-state index contributed by atoms with van der Waals surface area (Å²) in [5.74, 6) is -0.961. The van der Waals surface area contributed by atoms with Crippen molar-refractivity contribution >= 4 is 33.4 Å². The van der Waals surface area contributed by atoms with Crippen molar-refractivity contribution in [2.24, 2.45) is 0 Å². The van der Waals surface area contributed by atoms with E-state index in [9.17, 15) is 14.0 Å². The number of carbonyl (C=O) groups is 2. The third kappa shape index (κ3) is 5.08. The molecule has 0 saturated carbocycles. The molecule has 140 valence electrons. The van der Waals surface area contributed by atoms with Crippen LogP contribution in [0.4, 0.5) is 4.39 Å². The summed E-state index contributed by atoms with van der Waals surface area (Å²) in [6, 6.07) is 12.0. The molecule has 0 unspecified atom stereocenters. The molecule has 0 aliphatic rings. The molecule has 3 N–H and O–H groups in total. The molecular weight excluding hydrogens is 369 g/mol. The number of aliphatic hydroxyl groups is 1. The maximum absolute atomic E-state index is 13.4. The Bertz CT molecular complexity index is 974. The Morgan fingerprint density at radius 3 is 2.67 bits per heavy atom. The molecule has 3 rings (SSSR count). The lowest BCUT2D eigenvalue weighted by atomic mass is 10.1. The van der Waals surface area contributed by atoms with Gasteiger partial charge in [0, 0.05) is 6.54 Å². The van der Waals surface area contributed by atoms with Gasteiger partial charge in [-0.3, -0.25) is 9.59 Å². The van der Waals surface area contributed by atoms with Gasteiger partial charge in [-0.25, -0.2) is 9.37 Å². The van der Waals surface area contributed by atoms with E-state index in [4.69, 9.17) is 5.11 Å². The van der Waals surface area contributed by atoms with Gasteiger partial charge in [-0.1, -0.05) is 18.2 Å². The molecule has 1 heterocycles. The Hall–Kier alpha value is -2.84. The van der Waals surface area contributed by atoms with Gasteiger partial charge in [-0.15, -0.1) is 11.3 Å². The molecular formula is C19H18FN3O3S. The quantitative estimate of drug-likeness (QED) is 0.577. The standard InChI is InChI=1S/C19H18FN3O3S/c20-14-3-1-2-12(8-14)13-4-5-15-16(9-13)27-19(23-15)10-17(25)22-11-18(26)21-6-7-24/h1-5,8-9,24H,6-7,10-11H2,(H,21,26)(H,22,25). The van der Waals surface area contributed by atoms with Crippen molar-refractivity contribution < 1.29 is 19.1 Å². The Labute approximate surface area is 159 Å². The summed E-state index contributed by atoms with van der Waals surface area (Å²) in [6.45, 7) is -0.142. The molecule has 0 aliphatic heterocycles. The molecule has 0 radical (unpaired) electrons. The molecule has 3 aromatic rings. The maximum atomic E-state index is 13.4. The van der Waals surface area contributed by atoms with Crippen LogP contribution in [0.2, 0.25) is 0 Å². The largest absolute Gasteiger partial charge is 0.395 e. The monoisotopic (exact) mass is 387 g/mol. The number of rotatable bonds is 7. The number of amides is 2. The molecule has 0 fully saturated rings. The maximum Gasteiger partial charge on any atom is 0.239 e. The fourth-order valence-corrected chi connectivity index (χ4v) is 3.54. The van der Waals surface area contributed by atoms with Crippen LogP contribution in [0.3, 0.4) is 0 Å². The average molecular weight is 387 g/mol. The van der Waals surface area contributed by atoms with Crippen LogP contribution in [-0.4, -0.2) is 41.6 Å². The van der Waals surface area contributed by atoms with Crippen molar-refractivity contribution in [1.29, 1.82) is 0 Å². The van der Waals surface area contributed by atoms with Gasteiger partial charge < -0.3 is 15.7 Å². The fourth-order valence-electron chi connectivity index (χ4n) is 2.53. The zero-order chi connectivity index (χ0) is 19.2. The third-order valence-corrected chi connectivity index (χ3v) is 4.80. The van der Waals surface area contributed by atoms with Gasteiger partial charge in [0.25, 0.3) is 0 Å². The number of fused-ring (bicyclic) bond motifs is 1. The van der Waals surface area contributed by atoms with E-state index >= 15 is 0 Å². The van der Waals surface area contributed by atoms with Crippen LogP contribution in [0.25, 0.3) is 21.3 Å². The Balaban J connectivity index is 1.66. The molecule has 0 atom stereocenters. The summed E-state index contributed by atoms with van der Waals surface area (Å²) in [7, 11) is 0. The van der Waals surface area contributed by atoms with Crippen molar-refractivity contribution in [1.82, 2.24) is 15.6 Å². The topological polar surface area (TPSA) is 91.3 Å². The zero-order valence-electron chi connectivity index (χ0n) is 14.4. The fraction of sp³-hybridized carbons (Fsp3) is 0.211. The summed E-state index contributed by atoms with van der Waals surface area (Å²) in [4.78, 5) is 27.8. The van der Waals surface area contributed by atoms with Gasteiger partial charge in [0.05, 0.1) is 29.8 Å².